The van der Waals surface area contributed by atoms with E-state index in [0.29, 0.717) is 0 Å². The van der Waals surface area contributed by atoms with Crippen LogP contribution in [0.1, 0.15) is 20.8 Å². The lowest BCUT2D eigenvalue weighted by atomic mass is 10.2. The van der Waals surface area contributed by atoms with E-state index in [9.17, 15) is 0 Å². The van der Waals surface area contributed by atoms with Crippen molar-refractivity contribution in [2.75, 3.05) is 0 Å². The zero-order chi connectivity index (χ0) is 9.19. The highest BCUT2D eigenvalue weighted by Gasteiger charge is 2.12. The van der Waals surface area contributed by atoms with E-state index < -0.39 is 0 Å². The molecule has 0 saturated heterocycles. The average Bonchev–Trinajstić information content (AvgIpc) is 1.82. The minimum absolute atomic E-state index is 0.117. The van der Waals surface area contributed by atoms with Crippen LogP contribution < -0.4 is 9.30 Å². The molecule has 0 fully saturated rings. The lowest BCUT2D eigenvalue weighted by Gasteiger charge is -2.19. The molecule has 0 radical (unpaired) electrons. The molecule has 0 amide bonds. The summed E-state index contributed by atoms with van der Waals surface area (Å²) >= 11 is 0. The van der Waals surface area contributed by atoms with Crippen LogP contribution in [0.2, 0.25) is 0 Å². The Morgan fingerprint density at radius 2 is 2.00 bits per heavy atom. The fraction of sp³-hybridized carbons (Fsp3) is 0.500. The molecule has 1 rings (SSSR count). The van der Waals surface area contributed by atoms with Crippen LogP contribution in [0, 0.1) is 0 Å². The monoisotopic (exact) mass is 166 g/mol. The number of nitrogens with zero attached hydrogens (tertiary/aromatic N) is 1. The lowest BCUT2D eigenvalue weighted by Crippen LogP contribution is -2.29. The summed E-state index contributed by atoms with van der Waals surface area (Å²) in [7, 11) is 1.98. The van der Waals surface area contributed by atoms with Crippen LogP contribution in [0.15, 0.2) is 24.5 Å². The summed E-state index contributed by atoms with van der Waals surface area (Å²) in [5.74, 6) is 0.910. The van der Waals surface area contributed by atoms with E-state index in [1.54, 1.807) is 0 Å². The molecule has 0 saturated carbocycles. The SMILES string of the molecule is C[n+]1cccc(OC(C)(C)C)c1. The minimum atomic E-state index is -0.117. The maximum atomic E-state index is 5.66. The summed E-state index contributed by atoms with van der Waals surface area (Å²) in [5, 5.41) is 0. The molecule has 0 aromatic carbocycles. The lowest BCUT2D eigenvalue weighted by molar-refractivity contribution is -0.671. The molecule has 0 spiro atoms. The highest BCUT2D eigenvalue weighted by Crippen LogP contribution is 2.14. The van der Waals surface area contributed by atoms with Crippen molar-refractivity contribution in [2.45, 2.75) is 26.4 Å². The Hall–Kier alpha value is -1.05. The van der Waals surface area contributed by atoms with Crippen LogP contribution in [0.5, 0.6) is 5.75 Å². The standard InChI is InChI=1S/C10H16NO/c1-10(2,3)12-9-6-5-7-11(4)8-9/h5-8H,1-4H3/q+1. The van der Waals surface area contributed by atoms with Crippen LogP contribution in [-0.4, -0.2) is 5.60 Å². The first-order valence-electron chi connectivity index (χ1n) is 4.12. The zero-order valence-corrected chi connectivity index (χ0v) is 8.16. The molecule has 0 bridgehead atoms. The third-order valence-corrected chi connectivity index (χ3v) is 1.34. The summed E-state index contributed by atoms with van der Waals surface area (Å²) in [5.41, 5.74) is -0.117. The van der Waals surface area contributed by atoms with Gasteiger partial charge >= 0.3 is 0 Å². The number of aryl methyl sites for hydroxylation is 1. The number of hydrogen-bond donors (Lipinski definition) is 0. The molecule has 66 valence electrons. The Morgan fingerprint density at radius 3 is 2.50 bits per heavy atom. The molecule has 0 N–H and O–H groups in total. The van der Waals surface area contributed by atoms with Crippen molar-refractivity contribution >= 4 is 0 Å². The molecule has 0 aliphatic heterocycles. The largest absolute Gasteiger partial charge is 0.482 e. The van der Waals surface area contributed by atoms with E-state index in [2.05, 4.69) is 0 Å². The van der Waals surface area contributed by atoms with Gasteiger partial charge in [0, 0.05) is 6.07 Å². The molecule has 0 unspecified atom stereocenters. The van der Waals surface area contributed by atoms with Crippen molar-refractivity contribution in [3.8, 4) is 5.75 Å². The van der Waals surface area contributed by atoms with Crippen molar-refractivity contribution in [2.24, 2.45) is 7.05 Å². The fourth-order valence-corrected chi connectivity index (χ4v) is 0.974. The maximum absolute atomic E-state index is 5.66. The Labute approximate surface area is 73.8 Å². The highest BCUT2D eigenvalue weighted by atomic mass is 16.5. The second-order valence-corrected chi connectivity index (χ2v) is 3.92. The van der Waals surface area contributed by atoms with Gasteiger partial charge in [-0.2, -0.15) is 0 Å². The molecule has 1 heterocycles. The van der Waals surface area contributed by atoms with Gasteiger partial charge in [-0.15, -0.1) is 0 Å². The van der Waals surface area contributed by atoms with E-state index >= 15 is 0 Å². The van der Waals surface area contributed by atoms with Gasteiger partial charge in [-0.05, 0) is 26.8 Å². The first-order valence-corrected chi connectivity index (χ1v) is 4.12. The normalized spacial score (nSPS) is 11.3. The minimum Gasteiger partial charge on any atom is -0.482 e. The summed E-state index contributed by atoms with van der Waals surface area (Å²) < 4.78 is 7.63. The van der Waals surface area contributed by atoms with E-state index in [0.717, 1.165) is 5.75 Å². The molecule has 0 atom stereocenters. The Bertz CT molecular complexity index is 263. The van der Waals surface area contributed by atoms with Gasteiger partial charge in [0.25, 0.3) is 0 Å². The second kappa shape index (κ2) is 3.13. The predicted molar refractivity (Wildman–Crippen MR) is 48.0 cm³/mol. The molecule has 0 aliphatic carbocycles. The fourth-order valence-electron chi connectivity index (χ4n) is 0.974. The van der Waals surface area contributed by atoms with E-state index in [-0.39, 0.29) is 5.60 Å². The summed E-state index contributed by atoms with van der Waals surface area (Å²) in [6.07, 6.45) is 3.95. The van der Waals surface area contributed by atoms with Crippen LogP contribution in [0.25, 0.3) is 0 Å². The zero-order valence-electron chi connectivity index (χ0n) is 8.16. The quantitative estimate of drug-likeness (QED) is 0.579. The first kappa shape index (κ1) is 9.04. The third-order valence-electron chi connectivity index (χ3n) is 1.34. The molecule has 2 heteroatoms. The van der Waals surface area contributed by atoms with Gasteiger partial charge in [-0.1, -0.05) is 0 Å². The van der Waals surface area contributed by atoms with Gasteiger partial charge < -0.3 is 4.74 Å². The van der Waals surface area contributed by atoms with Crippen molar-refractivity contribution in [3.05, 3.63) is 24.5 Å². The smallest absolute Gasteiger partial charge is 0.210 e. The predicted octanol–water partition coefficient (Wildman–Crippen LogP) is 1.69. The second-order valence-electron chi connectivity index (χ2n) is 3.92. The van der Waals surface area contributed by atoms with Crippen LogP contribution in [-0.2, 0) is 7.05 Å². The van der Waals surface area contributed by atoms with Gasteiger partial charge in [-0.25, -0.2) is 4.57 Å². The van der Waals surface area contributed by atoms with Gasteiger partial charge in [0.1, 0.15) is 12.6 Å². The van der Waals surface area contributed by atoms with Crippen LogP contribution in [0.4, 0.5) is 0 Å². The van der Waals surface area contributed by atoms with E-state index in [4.69, 9.17) is 4.74 Å². The molecule has 1 aromatic heterocycles. The highest BCUT2D eigenvalue weighted by molar-refractivity contribution is 5.13. The maximum Gasteiger partial charge on any atom is 0.210 e. The molecule has 2 nitrogen and oxygen atoms in total. The number of hydrogen-bond acceptors (Lipinski definition) is 1. The van der Waals surface area contributed by atoms with Gasteiger partial charge in [0.15, 0.2) is 11.9 Å². The van der Waals surface area contributed by atoms with Crippen molar-refractivity contribution in [3.63, 3.8) is 0 Å². The number of pyridine rings is 1. The molecular formula is C10H16NO+. The topological polar surface area (TPSA) is 13.1 Å². The summed E-state index contributed by atoms with van der Waals surface area (Å²) in [6.45, 7) is 6.12. The van der Waals surface area contributed by atoms with E-state index in [1.165, 1.54) is 0 Å². The molecule has 12 heavy (non-hydrogen) atoms. The number of aromatic nitrogens is 1. The Morgan fingerprint density at radius 1 is 1.33 bits per heavy atom. The van der Waals surface area contributed by atoms with Crippen LogP contribution in [0.3, 0.4) is 0 Å². The molecular weight excluding hydrogens is 150 g/mol. The van der Waals surface area contributed by atoms with Gasteiger partial charge in [0.2, 0.25) is 6.20 Å². The van der Waals surface area contributed by atoms with Gasteiger partial charge in [-0.3, -0.25) is 0 Å². The Kier molecular flexibility index (Phi) is 2.36. The van der Waals surface area contributed by atoms with Crippen molar-refractivity contribution in [1.82, 2.24) is 0 Å². The van der Waals surface area contributed by atoms with Crippen molar-refractivity contribution in [1.29, 1.82) is 0 Å². The third kappa shape index (κ3) is 2.91. The molecule has 0 aliphatic rings. The average molecular weight is 166 g/mol. The summed E-state index contributed by atoms with van der Waals surface area (Å²) in [4.78, 5) is 0. The Balaban J connectivity index is 2.77. The number of rotatable bonds is 1. The summed E-state index contributed by atoms with van der Waals surface area (Å²) in [6, 6.07) is 3.94. The van der Waals surface area contributed by atoms with Crippen LogP contribution >= 0.6 is 0 Å². The molecule has 1 aromatic rings. The van der Waals surface area contributed by atoms with Crippen molar-refractivity contribution < 1.29 is 9.30 Å². The van der Waals surface area contributed by atoms with Gasteiger partial charge in [0.05, 0.1) is 0 Å². The van der Waals surface area contributed by atoms with E-state index in [1.807, 2.05) is 56.9 Å². The first-order chi connectivity index (χ1) is 5.47. The number of ether oxygens (including phenoxy) is 1.